The maximum Gasteiger partial charge on any atom is 0.134 e. The predicted octanol–water partition coefficient (Wildman–Crippen LogP) is 3.96. The fraction of sp³-hybridized carbons (Fsp3) is 0.333. The van der Waals surface area contributed by atoms with Gasteiger partial charge in [0, 0.05) is 12.2 Å². The molecule has 19 heavy (non-hydrogen) atoms. The van der Waals surface area contributed by atoms with Crippen molar-refractivity contribution in [3.63, 3.8) is 0 Å². The zero-order valence-corrected chi connectivity index (χ0v) is 12.3. The van der Waals surface area contributed by atoms with Crippen LogP contribution in [0.5, 0.6) is 0 Å². The van der Waals surface area contributed by atoms with Crippen LogP contribution in [0.1, 0.15) is 23.9 Å². The maximum absolute atomic E-state index is 5.37. The summed E-state index contributed by atoms with van der Waals surface area (Å²) in [6.45, 7) is 7.27. The van der Waals surface area contributed by atoms with Gasteiger partial charge >= 0.3 is 0 Å². The third-order valence-electron chi connectivity index (χ3n) is 2.91. The molecule has 0 saturated carbocycles. The molecule has 0 aliphatic heterocycles. The van der Waals surface area contributed by atoms with Crippen LogP contribution in [0.2, 0.25) is 0 Å². The average molecular weight is 274 g/mol. The number of benzene rings is 1. The minimum Gasteiger partial charge on any atom is -0.374 e. The van der Waals surface area contributed by atoms with Crippen molar-refractivity contribution in [1.82, 2.24) is 9.97 Å². The van der Waals surface area contributed by atoms with Gasteiger partial charge in [-0.15, -0.1) is 0 Å². The number of hydrogen-bond acceptors (Lipinski definition) is 3. The third-order valence-corrected chi connectivity index (χ3v) is 3.12. The van der Waals surface area contributed by atoms with Gasteiger partial charge in [-0.25, -0.2) is 4.98 Å². The highest BCUT2D eigenvalue weighted by atomic mass is 32.1. The second-order valence-electron chi connectivity index (χ2n) is 4.54. The largest absolute Gasteiger partial charge is 0.374 e. The van der Waals surface area contributed by atoms with Crippen LogP contribution >= 0.6 is 12.2 Å². The minimum absolute atomic E-state index is 0.457. The van der Waals surface area contributed by atoms with E-state index < -0.39 is 0 Å². The molecule has 3 nitrogen and oxygen atoms in total. The normalized spacial score (nSPS) is 10.7. The molecule has 2 aromatic rings. The lowest BCUT2D eigenvalue weighted by molar-refractivity contribution is 0.128. The highest BCUT2D eigenvalue weighted by Gasteiger charge is 2.05. The molecule has 0 atom stereocenters. The molecule has 1 heterocycles. The summed E-state index contributed by atoms with van der Waals surface area (Å²) in [5.41, 5.74) is 4.62. The Labute approximate surface area is 118 Å². The first kappa shape index (κ1) is 13.9. The standard InChI is InChI=1S/C15H18N2OS/c1-4-18-9-14-16-13(8-15(19)17-14)12-6-5-10(2)7-11(12)3/h5-8H,4,9H2,1-3H3,(H,16,17,19). The molecule has 1 aromatic heterocycles. The SMILES string of the molecule is CCOCc1nc(=S)cc(-c2ccc(C)cc2C)[nH]1. The summed E-state index contributed by atoms with van der Waals surface area (Å²) in [6, 6.07) is 8.26. The van der Waals surface area contributed by atoms with Crippen molar-refractivity contribution < 1.29 is 4.74 Å². The van der Waals surface area contributed by atoms with Gasteiger partial charge in [0.2, 0.25) is 0 Å². The van der Waals surface area contributed by atoms with Gasteiger partial charge in [-0.3, -0.25) is 0 Å². The Morgan fingerprint density at radius 2 is 2.05 bits per heavy atom. The Bertz CT molecular complexity index is 634. The molecule has 0 aliphatic carbocycles. The van der Waals surface area contributed by atoms with E-state index in [0.717, 1.165) is 17.1 Å². The van der Waals surface area contributed by atoms with E-state index in [-0.39, 0.29) is 0 Å². The molecular formula is C15H18N2OS. The summed E-state index contributed by atoms with van der Waals surface area (Å²) in [5, 5.41) is 0. The van der Waals surface area contributed by atoms with Crippen molar-refractivity contribution >= 4 is 12.2 Å². The van der Waals surface area contributed by atoms with Crippen molar-refractivity contribution in [3.8, 4) is 11.3 Å². The summed E-state index contributed by atoms with van der Waals surface area (Å²) in [4.78, 5) is 7.57. The van der Waals surface area contributed by atoms with Crippen LogP contribution in [-0.4, -0.2) is 16.6 Å². The monoisotopic (exact) mass is 274 g/mol. The fourth-order valence-corrected chi connectivity index (χ4v) is 2.26. The smallest absolute Gasteiger partial charge is 0.134 e. The van der Waals surface area contributed by atoms with E-state index in [2.05, 4.69) is 42.0 Å². The Hall–Kier alpha value is -1.52. The van der Waals surface area contributed by atoms with Crippen LogP contribution in [0.4, 0.5) is 0 Å². The number of hydrogen-bond donors (Lipinski definition) is 1. The molecule has 0 unspecified atom stereocenters. The summed E-state index contributed by atoms with van der Waals surface area (Å²) < 4.78 is 5.96. The predicted molar refractivity (Wildman–Crippen MR) is 79.7 cm³/mol. The van der Waals surface area contributed by atoms with E-state index in [1.165, 1.54) is 11.1 Å². The van der Waals surface area contributed by atoms with Crippen molar-refractivity contribution in [2.45, 2.75) is 27.4 Å². The van der Waals surface area contributed by atoms with Gasteiger partial charge < -0.3 is 9.72 Å². The molecule has 1 N–H and O–H groups in total. The molecule has 100 valence electrons. The van der Waals surface area contributed by atoms with Crippen molar-refractivity contribution in [2.24, 2.45) is 0 Å². The minimum atomic E-state index is 0.457. The Balaban J connectivity index is 2.44. The molecule has 0 saturated heterocycles. The Morgan fingerprint density at radius 3 is 2.74 bits per heavy atom. The van der Waals surface area contributed by atoms with Gasteiger partial charge in [0.25, 0.3) is 0 Å². The van der Waals surface area contributed by atoms with E-state index in [0.29, 0.717) is 17.9 Å². The first-order valence-electron chi connectivity index (χ1n) is 6.35. The van der Waals surface area contributed by atoms with E-state index in [9.17, 15) is 0 Å². The van der Waals surface area contributed by atoms with Crippen LogP contribution in [0.15, 0.2) is 24.3 Å². The number of ether oxygens (including phenoxy) is 1. The van der Waals surface area contributed by atoms with E-state index in [1.807, 2.05) is 13.0 Å². The van der Waals surface area contributed by atoms with E-state index in [4.69, 9.17) is 17.0 Å². The number of H-pyrrole nitrogens is 1. The van der Waals surface area contributed by atoms with E-state index in [1.54, 1.807) is 0 Å². The van der Waals surface area contributed by atoms with Crippen LogP contribution in [0, 0.1) is 18.5 Å². The molecule has 4 heteroatoms. The van der Waals surface area contributed by atoms with Crippen LogP contribution in [0.25, 0.3) is 11.3 Å². The number of aromatic amines is 1. The number of aromatic nitrogens is 2. The zero-order chi connectivity index (χ0) is 13.8. The highest BCUT2D eigenvalue weighted by molar-refractivity contribution is 7.71. The number of nitrogens with zero attached hydrogens (tertiary/aromatic N) is 1. The van der Waals surface area contributed by atoms with Gasteiger partial charge in [-0.2, -0.15) is 0 Å². The molecule has 1 aromatic carbocycles. The lowest BCUT2D eigenvalue weighted by atomic mass is 10.0. The zero-order valence-electron chi connectivity index (χ0n) is 11.5. The molecule has 2 rings (SSSR count). The van der Waals surface area contributed by atoms with Gasteiger partial charge in [-0.05, 0) is 32.4 Å². The quantitative estimate of drug-likeness (QED) is 0.858. The van der Waals surface area contributed by atoms with Crippen molar-refractivity contribution in [3.05, 3.63) is 45.9 Å². The summed E-state index contributed by atoms with van der Waals surface area (Å²) in [7, 11) is 0. The molecule has 0 spiro atoms. The molecule has 0 amide bonds. The van der Waals surface area contributed by atoms with Crippen molar-refractivity contribution in [2.75, 3.05) is 6.61 Å². The summed E-state index contributed by atoms with van der Waals surface area (Å²) in [6.07, 6.45) is 0. The Kier molecular flexibility index (Phi) is 4.45. The van der Waals surface area contributed by atoms with Crippen LogP contribution < -0.4 is 0 Å². The summed E-state index contributed by atoms with van der Waals surface area (Å²) >= 11 is 5.22. The van der Waals surface area contributed by atoms with Crippen molar-refractivity contribution in [1.29, 1.82) is 0 Å². The maximum atomic E-state index is 5.37. The third kappa shape index (κ3) is 3.49. The summed E-state index contributed by atoms with van der Waals surface area (Å²) in [5.74, 6) is 0.768. The fourth-order valence-electron chi connectivity index (χ4n) is 2.04. The average Bonchev–Trinajstić information content (AvgIpc) is 2.35. The first-order valence-corrected chi connectivity index (χ1v) is 6.76. The van der Waals surface area contributed by atoms with Gasteiger partial charge in [0.15, 0.2) is 0 Å². The first-order chi connectivity index (χ1) is 9.10. The lowest BCUT2D eigenvalue weighted by Crippen LogP contribution is -2.01. The van der Waals surface area contributed by atoms with Crippen LogP contribution in [0.3, 0.4) is 0 Å². The number of nitrogens with one attached hydrogen (secondary N) is 1. The molecule has 0 fully saturated rings. The highest BCUT2D eigenvalue weighted by Crippen LogP contribution is 2.22. The Morgan fingerprint density at radius 1 is 1.26 bits per heavy atom. The molecule has 0 radical (unpaired) electrons. The number of aryl methyl sites for hydroxylation is 2. The number of rotatable bonds is 4. The molecule has 0 aliphatic rings. The van der Waals surface area contributed by atoms with Gasteiger partial charge in [0.05, 0.1) is 5.69 Å². The van der Waals surface area contributed by atoms with E-state index >= 15 is 0 Å². The van der Waals surface area contributed by atoms with Gasteiger partial charge in [-0.1, -0.05) is 36.0 Å². The lowest BCUT2D eigenvalue weighted by Gasteiger charge is -2.09. The topological polar surface area (TPSA) is 37.9 Å². The van der Waals surface area contributed by atoms with Gasteiger partial charge in [0.1, 0.15) is 17.1 Å². The van der Waals surface area contributed by atoms with Crippen LogP contribution in [-0.2, 0) is 11.3 Å². The second kappa shape index (κ2) is 6.08. The molecular weight excluding hydrogens is 256 g/mol. The molecule has 0 bridgehead atoms. The second-order valence-corrected chi connectivity index (χ2v) is 4.95.